The van der Waals surface area contributed by atoms with Crippen LogP contribution in [0.25, 0.3) is 0 Å². The van der Waals surface area contributed by atoms with Gasteiger partial charge in [-0.2, -0.15) is 0 Å². The minimum absolute atomic E-state index is 0.0794. The summed E-state index contributed by atoms with van der Waals surface area (Å²) in [6.07, 6.45) is 0.843. The molecule has 0 saturated carbocycles. The molecule has 29 heavy (non-hydrogen) atoms. The smallest absolute Gasteiger partial charge is 0.260 e. The highest BCUT2D eigenvalue weighted by atomic mass is 32.2. The lowest BCUT2D eigenvalue weighted by atomic mass is 10.1. The van der Waals surface area contributed by atoms with Crippen molar-refractivity contribution >= 4 is 28.5 Å². The number of methoxy groups -OCH3 is 3. The first kappa shape index (κ1) is 21.0. The lowest BCUT2D eigenvalue weighted by Crippen LogP contribution is -2.39. The van der Waals surface area contributed by atoms with Crippen molar-refractivity contribution in [2.75, 3.05) is 27.1 Å². The van der Waals surface area contributed by atoms with Crippen LogP contribution in [0.3, 0.4) is 0 Å². The molecule has 6 nitrogen and oxygen atoms in total. The van der Waals surface area contributed by atoms with Gasteiger partial charge in [0.25, 0.3) is 5.91 Å². The largest absolute Gasteiger partial charge is 0.493 e. The topological polar surface area (TPSA) is 60.4 Å². The number of hydrogen-bond acceptors (Lipinski definition) is 6. The van der Waals surface area contributed by atoms with Crippen molar-refractivity contribution in [1.82, 2.24) is 4.90 Å². The number of benzene rings is 2. The van der Waals surface area contributed by atoms with Gasteiger partial charge in [-0.3, -0.25) is 9.69 Å². The minimum Gasteiger partial charge on any atom is -0.493 e. The fourth-order valence-corrected chi connectivity index (χ4v) is 4.45. The van der Waals surface area contributed by atoms with E-state index >= 15 is 0 Å². The van der Waals surface area contributed by atoms with E-state index in [2.05, 4.69) is 6.92 Å². The number of aryl methyl sites for hydroxylation is 1. The van der Waals surface area contributed by atoms with Gasteiger partial charge < -0.3 is 14.2 Å². The molecule has 7 heteroatoms. The number of aliphatic imine (C=N–C) groups is 1. The zero-order chi connectivity index (χ0) is 21.0. The Morgan fingerprint density at radius 1 is 1.10 bits per heavy atom. The Balaban J connectivity index is 2.01. The first-order valence-corrected chi connectivity index (χ1v) is 10.4. The van der Waals surface area contributed by atoms with Crippen LogP contribution >= 0.6 is 11.8 Å². The second-order valence-corrected chi connectivity index (χ2v) is 7.68. The predicted molar refractivity (Wildman–Crippen MR) is 117 cm³/mol. The molecule has 1 aliphatic rings. The van der Waals surface area contributed by atoms with Crippen LogP contribution in [0.1, 0.15) is 29.3 Å². The van der Waals surface area contributed by atoms with Gasteiger partial charge in [0, 0.05) is 17.4 Å². The molecule has 0 unspecified atom stereocenters. The van der Waals surface area contributed by atoms with Crippen LogP contribution in [-0.2, 0) is 0 Å². The van der Waals surface area contributed by atoms with Crippen molar-refractivity contribution in [2.24, 2.45) is 4.99 Å². The molecule has 1 heterocycles. The number of amidine groups is 1. The lowest BCUT2D eigenvalue weighted by molar-refractivity contribution is 0.0818. The summed E-state index contributed by atoms with van der Waals surface area (Å²) in [5, 5.41) is 0.708. The van der Waals surface area contributed by atoms with Gasteiger partial charge in [-0.15, -0.1) is 0 Å². The van der Waals surface area contributed by atoms with Gasteiger partial charge in [0.15, 0.2) is 16.7 Å². The van der Waals surface area contributed by atoms with E-state index in [0.717, 1.165) is 17.9 Å². The average Bonchev–Trinajstić information content (AvgIpc) is 3.16. The Bertz CT molecular complexity index is 887. The maximum atomic E-state index is 13.5. The Morgan fingerprint density at radius 3 is 2.24 bits per heavy atom. The normalized spacial score (nSPS) is 17.5. The highest BCUT2D eigenvalue weighted by molar-refractivity contribution is 8.14. The van der Waals surface area contributed by atoms with Crippen molar-refractivity contribution in [2.45, 2.75) is 26.3 Å². The highest BCUT2D eigenvalue weighted by Crippen LogP contribution is 2.39. The maximum Gasteiger partial charge on any atom is 0.260 e. The summed E-state index contributed by atoms with van der Waals surface area (Å²) < 4.78 is 16.2. The zero-order valence-electron chi connectivity index (χ0n) is 17.4. The quantitative estimate of drug-likeness (QED) is 0.687. The van der Waals surface area contributed by atoms with E-state index in [0.29, 0.717) is 28.0 Å². The molecule has 1 atom stereocenters. The van der Waals surface area contributed by atoms with Gasteiger partial charge in [0.2, 0.25) is 5.75 Å². The van der Waals surface area contributed by atoms with Gasteiger partial charge >= 0.3 is 0 Å². The molecule has 0 spiro atoms. The lowest BCUT2D eigenvalue weighted by Gasteiger charge is -2.24. The number of rotatable bonds is 6. The number of ether oxygens (including phenoxy) is 3. The second-order valence-electron chi connectivity index (χ2n) is 6.69. The minimum atomic E-state index is -0.132. The molecule has 1 saturated heterocycles. The molecule has 1 amide bonds. The summed E-state index contributed by atoms with van der Waals surface area (Å²) in [6, 6.07) is 11.4. The predicted octanol–water partition coefficient (Wildman–Crippen LogP) is 4.68. The van der Waals surface area contributed by atoms with Crippen LogP contribution in [0.5, 0.6) is 17.2 Å². The average molecular weight is 415 g/mol. The van der Waals surface area contributed by atoms with Crippen LogP contribution in [0.4, 0.5) is 5.69 Å². The number of nitrogens with zero attached hydrogens (tertiary/aromatic N) is 2. The summed E-state index contributed by atoms with van der Waals surface area (Å²) in [6.45, 7) is 4.12. The summed E-state index contributed by atoms with van der Waals surface area (Å²) in [7, 11) is 4.62. The molecule has 2 aromatic carbocycles. The first-order valence-electron chi connectivity index (χ1n) is 9.44. The first-order chi connectivity index (χ1) is 14.0. The third kappa shape index (κ3) is 4.34. The molecule has 3 rings (SSSR count). The van der Waals surface area contributed by atoms with E-state index in [9.17, 15) is 4.79 Å². The Labute approximate surface area is 175 Å². The van der Waals surface area contributed by atoms with E-state index in [1.807, 2.05) is 31.2 Å². The number of carbonyl (C=O) groups excluding carboxylic acids is 1. The second kappa shape index (κ2) is 9.22. The molecule has 154 valence electrons. The fraction of sp³-hybridized carbons (Fsp3) is 0.364. The van der Waals surface area contributed by atoms with Crippen LogP contribution in [0, 0.1) is 6.92 Å². The number of hydrogen-bond donors (Lipinski definition) is 0. The van der Waals surface area contributed by atoms with Crippen LogP contribution < -0.4 is 14.2 Å². The molecular formula is C22H26N2O4S. The molecule has 0 N–H and O–H groups in total. The summed E-state index contributed by atoms with van der Waals surface area (Å²) in [5.41, 5.74) is 2.47. The van der Waals surface area contributed by atoms with Gasteiger partial charge in [0.05, 0.1) is 27.0 Å². The molecule has 2 aromatic rings. The number of carbonyl (C=O) groups is 1. The summed E-state index contributed by atoms with van der Waals surface area (Å²) in [4.78, 5) is 20.0. The molecule has 0 radical (unpaired) electrons. The Kier molecular flexibility index (Phi) is 6.69. The third-order valence-corrected chi connectivity index (χ3v) is 5.93. The van der Waals surface area contributed by atoms with Crippen molar-refractivity contribution in [3.05, 3.63) is 47.5 Å². The SMILES string of the molecule is CC[C@@H]1CSC(=Nc2ccc(C)cc2)N1C(=O)c1cc(OC)c(OC)c(OC)c1. The van der Waals surface area contributed by atoms with E-state index in [4.69, 9.17) is 19.2 Å². The maximum absolute atomic E-state index is 13.5. The van der Waals surface area contributed by atoms with Gasteiger partial charge in [-0.05, 0) is 37.6 Å². The summed E-state index contributed by atoms with van der Waals surface area (Å²) in [5.74, 6) is 2.05. The van der Waals surface area contributed by atoms with Crippen LogP contribution in [0.15, 0.2) is 41.4 Å². The number of amides is 1. The molecular weight excluding hydrogens is 388 g/mol. The van der Waals surface area contributed by atoms with E-state index in [1.54, 1.807) is 35.9 Å². The zero-order valence-corrected chi connectivity index (χ0v) is 18.2. The van der Waals surface area contributed by atoms with Gasteiger partial charge in [-0.25, -0.2) is 4.99 Å². The highest BCUT2D eigenvalue weighted by Gasteiger charge is 2.35. The monoisotopic (exact) mass is 414 g/mol. The summed E-state index contributed by atoms with van der Waals surface area (Å²) >= 11 is 1.60. The molecule has 0 aliphatic carbocycles. The van der Waals surface area contributed by atoms with E-state index < -0.39 is 0 Å². The van der Waals surface area contributed by atoms with E-state index in [1.165, 1.54) is 19.8 Å². The number of thioether (sulfide) groups is 1. The fourth-order valence-electron chi connectivity index (χ4n) is 3.18. The van der Waals surface area contributed by atoms with Crippen molar-refractivity contribution < 1.29 is 19.0 Å². The molecule has 1 aliphatic heterocycles. The molecule has 0 bridgehead atoms. The Hall–Kier alpha value is -2.67. The van der Waals surface area contributed by atoms with Crippen molar-refractivity contribution in [3.8, 4) is 17.2 Å². The van der Waals surface area contributed by atoms with Gasteiger partial charge in [-0.1, -0.05) is 36.4 Å². The molecule has 0 aromatic heterocycles. The van der Waals surface area contributed by atoms with Crippen molar-refractivity contribution in [1.29, 1.82) is 0 Å². The third-order valence-electron chi connectivity index (χ3n) is 4.84. The van der Waals surface area contributed by atoms with E-state index in [-0.39, 0.29) is 11.9 Å². The van der Waals surface area contributed by atoms with Crippen LogP contribution in [-0.4, -0.2) is 49.1 Å². The van der Waals surface area contributed by atoms with Gasteiger partial charge in [0.1, 0.15) is 0 Å². The van der Waals surface area contributed by atoms with Crippen LogP contribution in [0.2, 0.25) is 0 Å². The Morgan fingerprint density at radius 2 is 1.72 bits per heavy atom. The molecule has 1 fully saturated rings. The standard InChI is InChI=1S/C22H26N2O4S/c1-6-17-13-29-22(23-16-9-7-14(2)8-10-16)24(17)21(25)15-11-18(26-3)20(28-5)19(12-15)27-4/h7-12,17H,6,13H2,1-5H3/t17-/m1/s1. The van der Waals surface area contributed by atoms with Crippen molar-refractivity contribution in [3.63, 3.8) is 0 Å².